The van der Waals surface area contributed by atoms with E-state index in [2.05, 4.69) is 61.5 Å². The highest BCUT2D eigenvalue weighted by Gasteiger charge is 2.43. The van der Waals surface area contributed by atoms with Gasteiger partial charge in [-0.15, -0.1) is 0 Å². The van der Waals surface area contributed by atoms with Crippen molar-refractivity contribution in [1.29, 1.82) is 0 Å². The highest BCUT2D eigenvalue weighted by molar-refractivity contribution is 5.93. The number of likely N-dealkylation sites (tertiary alicyclic amines) is 3. The maximum absolute atomic E-state index is 13.5. The van der Waals surface area contributed by atoms with Crippen LogP contribution in [0.4, 0.5) is 27.9 Å². The fourth-order valence-corrected chi connectivity index (χ4v) is 14.5. The molecule has 24 heteroatoms. The number of pyridine rings is 3. The van der Waals surface area contributed by atoms with E-state index in [9.17, 15) is 48.9 Å². The van der Waals surface area contributed by atoms with E-state index in [0.717, 1.165) is 136 Å². The molecular weight excluding hydrogens is 1150 g/mol. The minimum Gasteiger partial charge on any atom is -0.480 e. The van der Waals surface area contributed by atoms with E-state index >= 15 is 0 Å². The average Bonchev–Trinajstić information content (AvgIpc) is 1.07. The van der Waals surface area contributed by atoms with E-state index in [4.69, 9.17) is 15.0 Å². The number of anilines is 4. The number of urea groups is 1. The van der Waals surface area contributed by atoms with Crippen LogP contribution in [0.2, 0.25) is 0 Å². The van der Waals surface area contributed by atoms with Gasteiger partial charge in [-0.25, -0.2) is 19.7 Å². The lowest BCUT2D eigenvalue weighted by Gasteiger charge is -2.42. The Hall–Kier alpha value is -7.96. The number of fused-ring (bicyclic) bond motifs is 5. The molecule has 2 bridgehead atoms. The zero-order valence-electron chi connectivity index (χ0n) is 51.5. The van der Waals surface area contributed by atoms with Gasteiger partial charge in [-0.1, -0.05) is 24.3 Å². The lowest BCUT2D eigenvalue weighted by Crippen LogP contribution is -2.63. The number of hydrogen-bond donors (Lipinski definition) is 10. The number of nitrogens with one attached hydrogen (secondary N) is 7. The number of aryl methyl sites for hydroxylation is 4. The van der Waals surface area contributed by atoms with Gasteiger partial charge in [0, 0.05) is 142 Å². The molecule has 7 aliphatic heterocycles. The molecule has 4 unspecified atom stereocenters. The van der Waals surface area contributed by atoms with Gasteiger partial charge in [0.25, 0.3) is 0 Å². The van der Waals surface area contributed by atoms with Gasteiger partial charge in [0.1, 0.15) is 29.5 Å². The molecule has 0 spiro atoms. The number of carboxylic acid groups (broad SMARTS) is 3. The summed E-state index contributed by atoms with van der Waals surface area (Å²) in [6.07, 6.45) is 13.8. The predicted molar refractivity (Wildman–Crippen MR) is 339 cm³/mol. The van der Waals surface area contributed by atoms with Crippen LogP contribution in [0.5, 0.6) is 0 Å². The fraction of sp³-hybridized carbons (Fsp3) is 0.576. The third-order valence-corrected chi connectivity index (χ3v) is 19.2. The van der Waals surface area contributed by atoms with Crippen LogP contribution < -0.4 is 37.2 Å². The Labute approximate surface area is 525 Å². The second kappa shape index (κ2) is 29.8. The molecule has 1 aromatic carbocycles. The van der Waals surface area contributed by atoms with E-state index in [1.54, 1.807) is 29.2 Å². The number of benzene rings is 1. The summed E-state index contributed by atoms with van der Waals surface area (Å²) in [5, 5.41) is 52.8. The summed E-state index contributed by atoms with van der Waals surface area (Å²) in [6.45, 7) is 6.12. The number of nitrogens with zero attached hydrogens (tertiary/aromatic N) is 7. The van der Waals surface area contributed by atoms with Crippen LogP contribution in [0, 0.1) is 5.92 Å². The van der Waals surface area contributed by atoms with E-state index in [-0.39, 0.29) is 61.3 Å². The minimum absolute atomic E-state index is 0.0135. The Balaban J connectivity index is 0.608. The lowest BCUT2D eigenvalue weighted by atomic mass is 9.89. The number of aromatic nitrogens is 3. The van der Waals surface area contributed by atoms with Gasteiger partial charge in [-0.3, -0.25) is 43.5 Å². The van der Waals surface area contributed by atoms with Crippen LogP contribution in [0.1, 0.15) is 135 Å². The van der Waals surface area contributed by atoms with Crippen LogP contribution >= 0.6 is 0 Å². The molecule has 10 heterocycles. The third-order valence-electron chi connectivity index (χ3n) is 19.2. The van der Waals surface area contributed by atoms with Crippen molar-refractivity contribution in [3.8, 4) is 11.1 Å². The SMILES string of the molecule is O=C(O)CN1C2CCC1CN(C(=O)NCCCc1cc(-c3cc(CCCCC(=O)NC4CN(C(CCC(=O)Nc5ccccc5C(C(=O)O)N5CCC(C(=O)NCCCc6ccc7c(n6)NCCC7)CC5)C(=O)O)C4)nc4c3CCCN4)c3c(n1)NCCC3)C2. The number of rotatable bonds is 27. The first-order valence-electron chi connectivity index (χ1n) is 32.9. The number of piperidine rings is 1. The fourth-order valence-electron chi connectivity index (χ4n) is 14.5. The first-order chi connectivity index (χ1) is 43.7. The average molecular weight is 1240 g/mol. The van der Waals surface area contributed by atoms with Crippen LogP contribution in [0.3, 0.4) is 0 Å². The zero-order chi connectivity index (χ0) is 62.7. The van der Waals surface area contributed by atoms with Crippen molar-refractivity contribution in [2.75, 3.05) is 99.8 Å². The van der Waals surface area contributed by atoms with Gasteiger partial charge in [0.2, 0.25) is 17.7 Å². The van der Waals surface area contributed by atoms with E-state index in [0.29, 0.717) is 109 Å². The second-order valence-corrected chi connectivity index (χ2v) is 25.5. The number of carboxylic acids is 3. The summed E-state index contributed by atoms with van der Waals surface area (Å²) in [5.74, 6) is -1.05. The third kappa shape index (κ3) is 15.8. The van der Waals surface area contributed by atoms with Crippen LogP contribution in [0.15, 0.2) is 48.5 Å². The van der Waals surface area contributed by atoms with Crippen LogP contribution in [-0.2, 0) is 67.3 Å². The molecule has 5 amide bonds. The van der Waals surface area contributed by atoms with Crippen molar-refractivity contribution in [3.05, 3.63) is 87.9 Å². The molecule has 4 atom stereocenters. The smallest absolute Gasteiger partial charge is 0.325 e. The van der Waals surface area contributed by atoms with Crippen molar-refractivity contribution in [1.82, 2.24) is 50.5 Å². The Morgan fingerprint density at radius 1 is 0.611 bits per heavy atom. The van der Waals surface area contributed by atoms with Crippen LogP contribution in [0.25, 0.3) is 11.1 Å². The number of carbonyl (C=O) groups is 7. The number of amides is 5. The first kappa shape index (κ1) is 63.6. The number of piperazine rings is 1. The van der Waals surface area contributed by atoms with Crippen molar-refractivity contribution in [2.24, 2.45) is 5.92 Å². The Bertz CT molecular complexity index is 3260. The lowest BCUT2D eigenvalue weighted by molar-refractivity contribution is -0.147. The maximum atomic E-state index is 13.5. The van der Waals surface area contributed by atoms with E-state index in [1.807, 2.05) is 14.7 Å². The molecule has 3 aromatic heterocycles. The number of para-hydroxylation sites is 1. The number of carbonyl (C=O) groups excluding carboxylic acids is 4. The molecule has 0 radical (unpaired) electrons. The van der Waals surface area contributed by atoms with Crippen molar-refractivity contribution >= 4 is 64.8 Å². The summed E-state index contributed by atoms with van der Waals surface area (Å²) in [7, 11) is 0. The normalized spacial score (nSPS) is 19.9. The molecule has 11 rings (SSSR count). The molecule has 24 nitrogen and oxygen atoms in total. The minimum atomic E-state index is -1.08. The van der Waals surface area contributed by atoms with Crippen molar-refractivity contribution in [3.63, 3.8) is 0 Å². The Morgan fingerprint density at radius 3 is 1.88 bits per heavy atom. The van der Waals surface area contributed by atoms with Gasteiger partial charge in [0.05, 0.1) is 12.6 Å². The molecule has 7 aliphatic rings. The van der Waals surface area contributed by atoms with Crippen LogP contribution in [-0.4, -0.2) is 194 Å². The standard InChI is InChI=1S/C66H88N14O10/c81-56(18-4-1-11-44-34-52(49-15-8-28-68-61(49)74-44)53-35-45(75-62-50(53)16-9-29-69-62)13-7-31-71-66(90)79-38-47-21-22-48(39-79)80(47)40-58(83)84)72-46-36-78(37-46)55(64(86)87)23-24-57(82)76-54-17-3-2-14-51(54)59(65(88)89)77-32-25-42(26-33-77)63(85)70-30-6-12-43-20-19-41-10-5-27-67-60(41)73-43/h2-3,14,17,19-20,34-35,42,46-48,55,59H,1,4-13,15-16,18,21-33,36-40H2,(H,67,73)(H,68,74)(H,69,75)(H,70,85)(H,71,90)(H,72,81)(H,76,82)(H,83,84)(H,86,87)(H,88,89). The highest BCUT2D eigenvalue weighted by Crippen LogP contribution is 2.39. The topological polar surface area (TPSA) is 316 Å². The molecule has 10 N–H and O–H groups in total. The molecule has 0 saturated carbocycles. The van der Waals surface area contributed by atoms with Gasteiger partial charge in [-0.2, -0.15) is 0 Å². The van der Waals surface area contributed by atoms with E-state index < -0.39 is 35.9 Å². The van der Waals surface area contributed by atoms with Gasteiger partial charge in [-0.05, 0) is 157 Å². The monoisotopic (exact) mass is 1240 g/mol. The van der Waals surface area contributed by atoms with Gasteiger partial charge >= 0.3 is 23.9 Å². The number of unbranched alkanes of at least 4 members (excludes halogenated alkanes) is 1. The number of aliphatic carboxylic acids is 3. The molecule has 4 saturated heterocycles. The Kier molecular flexibility index (Phi) is 21.0. The first-order valence-corrected chi connectivity index (χ1v) is 32.9. The molecular formula is C66H88N14O10. The molecule has 4 fully saturated rings. The molecule has 4 aromatic rings. The molecule has 90 heavy (non-hydrogen) atoms. The predicted octanol–water partition coefficient (Wildman–Crippen LogP) is 5.46. The summed E-state index contributed by atoms with van der Waals surface area (Å²) in [5.41, 5.74) is 9.57. The highest BCUT2D eigenvalue weighted by atomic mass is 16.4. The summed E-state index contributed by atoms with van der Waals surface area (Å²) in [4.78, 5) is 112. The Morgan fingerprint density at radius 2 is 1.22 bits per heavy atom. The van der Waals surface area contributed by atoms with Gasteiger partial charge < -0.3 is 57.4 Å². The summed E-state index contributed by atoms with van der Waals surface area (Å²) >= 11 is 0. The van der Waals surface area contributed by atoms with Crippen molar-refractivity contribution in [2.45, 2.75) is 159 Å². The molecule has 0 aliphatic carbocycles. The number of hydrogen-bond acceptors (Lipinski definition) is 16. The summed E-state index contributed by atoms with van der Waals surface area (Å²) < 4.78 is 0. The van der Waals surface area contributed by atoms with E-state index in [1.165, 1.54) is 16.7 Å². The van der Waals surface area contributed by atoms with Crippen molar-refractivity contribution < 1.29 is 48.9 Å². The zero-order valence-corrected chi connectivity index (χ0v) is 51.5. The summed E-state index contributed by atoms with van der Waals surface area (Å²) in [6, 6.07) is 13.2. The molecule has 482 valence electrons. The van der Waals surface area contributed by atoms with Gasteiger partial charge in [0.15, 0.2) is 0 Å². The largest absolute Gasteiger partial charge is 0.480 e. The second-order valence-electron chi connectivity index (χ2n) is 25.5. The quantitative estimate of drug-likeness (QED) is 0.0331. The maximum Gasteiger partial charge on any atom is 0.325 e.